The molecule has 2 fully saturated rings. The zero-order chi connectivity index (χ0) is 18.0. The highest BCUT2D eigenvalue weighted by molar-refractivity contribution is 7.09. The van der Waals surface area contributed by atoms with Crippen molar-refractivity contribution in [1.29, 1.82) is 0 Å². The van der Waals surface area contributed by atoms with Gasteiger partial charge in [-0.25, -0.2) is 9.78 Å². The number of carbonyl (C=O) groups is 2. The average Bonchev–Trinajstić information content (AvgIpc) is 3.13. The van der Waals surface area contributed by atoms with Crippen LogP contribution in [0.3, 0.4) is 0 Å². The number of urea groups is 1. The van der Waals surface area contributed by atoms with E-state index in [2.05, 4.69) is 9.88 Å². The Bertz CT molecular complexity index is 621. The van der Waals surface area contributed by atoms with Crippen molar-refractivity contribution < 1.29 is 9.59 Å². The number of thiazole rings is 1. The summed E-state index contributed by atoms with van der Waals surface area (Å²) in [5.41, 5.74) is -0.188. The topological polar surface area (TPSA) is 60.0 Å². The predicted molar refractivity (Wildman–Crippen MR) is 97.4 cm³/mol. The normalized spacial score (nSPS) is 24.8. The van der Waals surface area contributed by atoms with Gasteiger partial charge in [-0.1, -0.05) is 0 Å². The van der Waals surface area contributed by atoms with Crippen LogP contribution in [-0.2, 0) is 11.3 Å². The van der Waals surface area contributed by atoms with Gasteiger partial charge in [0.15, 0.2) is 0 Å². The highest BCUT2D eigenvalue weighted by atomic mass is 32.1. The highest BCUT2D eigenvalue weighted by Crippen LogP contribution is 2.35. The molecule has 7 nitrogen and oxygen atoms in total. The van der Waals surface area contributed by atoms with E-state index in [0.717, 1.165) is 37.7 Å². The van der Waals surface area contributed by atoms with Crippen LogP contribution in [-0.4, -0.2) is 89.9 Å². The molecule has 2 aliphatic rings. The number of aromatic nitrogens is 1. The second-order valence-electron chi connectivity index (χ2n) is 7.32. The molecule has 0 saturated carbocycles. The maximum absolute atomic E-state index is 12.6. The van der Waals surface area contributed by atoms with Gasteiger partial charge in [0, 0.05) is 76.8 Å². The quantitative estimate of drug-likeness (QED) is 0.807. The number of carbonyl (C=O) groups excluding carboxylic acids is 2. The fraction of sp³-hybridized carbons (Fsp3) is 0.706. The molecular weight excluding hydrogens is 338 g/mol. The Kier molecular flexibility index (Phi) is 5.29. The molecule has 138 valence electrons. The molecule has 1 atom stereocenters. The summed E-state index contributed by atoms with van der Waals surface area (Å²) in [5.74, 6) is 0.204. The van der Waals surface area contributed by atoms with E-state index in [4.69, 9.17) is 0 Å². The number of rotatable bonds is 3. The maximum Gasteiger partial charge on any atom is 0.319 e. The van der Waals surface area contributed by atoms with E-state index in [1.807, 2.05) is 28.3 Å². The van der Waals surface area contributed by atoms with Crippen LogP contribution in [0.5, 0.6) is 0 Å². The molecule has 3 rings (SSSR count). The first-order valence-electron chi connectivity index (χ1n) is 8.77. The van der Waals surface area contributed by atoms with Crippen LogP contribution in [0.4, 0.5) is 4.79 Å². The van der Waals surface area contributed by atoms with E-state index in [-0.39, 0.29) is 17.4 Å². The lowest BCUT2D eigenvalue weighted by molar-refractivity contribution is -0.127. The predicted octanol–water partition coefficient (Wildman–Crippen LogP) is 1.18. The van der Waals surface area contributed by atoms with Gasteiger partial charge >= 0.3 is 6.03 Å². The molecular formula is C17H27N5O2S. The third kappa shape index (κ3) is 3.95. The van der Waals surface area contributed by atoms with Crippen molar-refractivity contribution in [3.05, 3.63) is 16.6 Å². The third-order valence-corrected chi connectivity index (χ3v) is 5.82. The van der Waals surface area contributed by atoms with Crippen molar-refractivity contribution in [1.82, 2.24) is 24.6 Å². The minimum absolute atomic E-state index is 0.0258. The molecule has 1 aromatic heterocycles. The summed E-state index contributed by atoms with van der Waals surface area (Å²) in [4.78, 5) is 37.2. The van der Waals surface area contributed by atoms with Crippen LogP contribution in [0, 0.1) is 5.41 Å². The first-order chi connectivity index (χ1) is 11.9. The van der Waals surface area contributed by atoms with E-state index < -0.39 is 0 Å². The summed E-state index contributed by atoms with van der Waals surface area (Å²) < 4.78 is 0. The zero-order valence-corrected chi connectivity index (χ0v) is 16.1. The van der Waals surface area contributed by atoms with E-state index >= 15 is 0 Å². The molecule has 8 heteroatoms. The van der Waals surface area contributed by atoms with E-state index in [0.29, 0.717) is 19.5 Å². The summed E-state index contributed by atoms with van der Waals surface area (Å²) in [5, 5.41) is 3.07. The monoisotopic (exact) mass is 365 g/mol. The fourth-order valence-electron chi connectivity index (χ4n) is 3.93. The Balaban J connectivity index is 1.82. The van der Waals surface area contributed by atoms with Crippen molar-refractivity contribution >= 4 is 23.3 Å². The van der Waals surface area contributed by atoms with Crippen molar-refractivity contribution in [2.24, 2.45) is 5.41 Å². The van der Waals surface area contributed by atoms with Crippen molar-refractivity contribution in [2.75, 3.05) is 53.4 Å². The van der Waals surface area contributed by atoms with Crippen molar-refractivity contribution in [3.8, 4) is 0 Å². The first-order valence-corrected chi connectivity index (χ1v) is 9.65. The summed E-state index contributed by atoms with van der Waals surface area (Å²) in [6.07, 6.45) is 2.35. The summed E-state index contributed by atoms with van der Waals surface area (Å²) in [6, 6.07) is 0.0258. The van der Waals surface area contributed by atoms with E-state index in [1.54, 1.807) is 30.3 Å². The van der Waals surface area contributed by atoms with Crippen LogP contribution >= 0.6 is 11.3 Å². The van der Waals surface area contributed by atoms with Gasteiger partial charge in [0.2, 0.25) is 5.91 Å². The molecule has 0 bridgehead atoms. The molecule has 25 heavy (non-hydrogen) atoms. The summed E-state index contributed by atoms with van der Waals surface area (Å²) in [6.45, 7) is 7.22. The molecule has 2 saturated heterocycles. The molecule has 0 unspecified atom stereocenters. The number of nitrogens with zero attached hydrogens (tertiary/aromatic N) is 5. The van der Waals surface area contributed by atoms with Gasteiger partial charge in [0.1, 0.15) is 5.01 Å². The lowest BCUT2D eigenvalue weighted by atomic mass is 9.86. The molecule has 2 aliphatic heterocycles. The third-order valence-electron chi connectivity index (χ3n) is 5.05. The van der Waals surface area contributed by atoms with Crippen LogP contribution in [0.15, 0.2) is 11.6 Å². The Morgan fingerprint density at radius 3 is 2.72 bits per heavy atom. The van der Waals surface area contributed by atoms with E-state index in [1.165, 1.54) is 0 Å². The Morgan fingerprint density at radius 2 is 2.12 bits per heavy atom. The van der Waals surface area contributed by atoms with Gasteiger partial charge < -0.3 is 14.7 Å². The SMILES string of the molecule is CCN1C[C@@]2(CC1=O)CN(Cc1nccs1)CCN(C(=O)N(C)C)C2. The lowest BCUT2D eigenvalue weighted by Crippen LogP contribution is -2.47. The van der Waals surface area contributed by atoms with Crippen LogP contribution < -0.4 is 0 Å². The fourth-order valence-corrected chi connectivity index (χ4v) is 4.59. The summed E-state index contributed by atoms with van der Waals surface area (Å²) >= 11 is 1.65. The minimum Gasteiger partial charge on any atom is -0.342 e. The molecule has 3 amide bonds. The van der Waals surface area contributed by atoms with Gasteiger partial charge in [0.25, 0.3) is 0 Å². The van der Waals surface area contributed by atoms with Crippen molar-refractivity contribution in [3.63, 3.8) is 0 Å². The molecule has 1 spiro atoms. The Morgan fingerprint density at radius 1 is 1.32 bits per heavy atom. The van der Waals surface area contributed by atoms with Gasteiger partial charge in [-0.05, 0) is 6.92 Å². The minimum atomic E-state index is -0.188. The van der Waals surface area contributed by atoms with Gasteiger partial charge in [-0.15, -0.1) is 11.3 Å². The number of hydrogen-bond donors (Lipinski definition) is 0. The number of likely N-dealkylation sites (tertiary alicyclic amines) is 1. The van der Waals surface area contributed by atoms with Gasteiger partial charge in [0.05, 0.1) is 6.54 Å². The molecule has 1 aromatic rings. The smallest absolute Gasteiger partial charge is 0.319 e. The number of amides is 3. The van der Waals surface area contributed by atoms with E-state index in [9.17, 15) is 9.59 Å². The number of hydrogen-bond acceptors (Lipinski definition) is 5. The van der Waals surface area contributed by atoms with Gasteiger partial charge in [-0.2, -0.15) is 0 Å². The largest absolute Gasteiger partial charge is 0.342 e. The molecule has 3 heterocycles. The maximum atomic E-state index is 12.6. The molecule has 0 N–H and O–H groups in total. The van der Waals surface area contributed by atoms with Crippen LogP contribution in [0.2, 0.25) is 0 Å². The second-order valence-corrected chi connectivity index (χ2v) is 8.30. The molecule has 0 aromatic carbocycles. The molecule has 0 aliphatic carbocycles. The highest BCUT2D eigenvalue weighted by Gasteiger charge is 2.47. The van der Waals surface area contributed by atoms with Gasteiger partial charge in [-0.3, -0.25) is 9.69 Å². The molecule has 0 radical (unpaired) electrons. The first kappa shape index (κ1) is 18.1. The Hall–Kier alpha value is -1.67. The average molecular weight is 366 g/mol. The summed E-state index contributed by atoms with van der Waals surface area (Å²) in [7, 11) is 3.57. The van der Waals surface area contributed by atoms with Crippen LogP contribution in [0.25, 0.3) is 0 Å². The second kappa shape index (κ2) is 7.29. The Labute approximate surface area is 153 Å². The lowest BCUT2D eigenvalue weighted by Gasteiger charge is -2.34. The van der Waals surface area contributed by atoms with Crippen molar-refractivity contribution in [2.45, 2.75) is 19.9 Å². The standard InChI is InChI=1S/C17H27N5O2S/c1-4-21-12-17(9-15(21)23)11-20(10-14-18-5-8-25-14)6-7-22(13-17)16(24)19(2)3/h5,8H,4,6-7,9-13H2,1-3H3/t17-/m1/s1. The zero-order valence-electron chi connectivity index (χ0n) is 15.3. The van der Waals surface area contributed by atoms with Crippen LogP contribution in [0.1, 0.15) is 18.4 Å².